The Labute approximate surface area is 99.5 Å². The Morgan fingerprint density at radius 2 is 1.94 bits per heavy atom. The molecular weight excluding hydrogens is 226 g/mol. The van der Waals surface area contributed by atoms with Crippen molar-refractivity contribution in [3.05, 3.63) is 22.7 Å². The predicted octanol–water partition coefficient (Wildman–Crippen LogP) is 2.80. The normalized spacial score (nSPS) is 23.2. The molecule has 0 bridgehead atoms. The fraction of sp³-hybridized carbons (Fsp3) is 0.500. The third-order valence-electron chi connectivity index (χ3n) is 3.08. The molecule has 0 amide bonds. The van der Waals surface area contributed by atoms with Gasteiger partial charge in [0.05, 0.1) is 5.02 Å². The summed E-state index contributed by atoms with van der Waals surface area (Å²) in [6, 6.07) is 3.83. The number of halogens is 1. The van der Waals surface area contributed by atoms with Gasteiger partial charge in [-0.3, -0.25) is 0 Å². The van der Waals surface area contributed by atoms with E-state index in [0.717, 1.165) is 18.4 Å². The molecule has 2 aliphatic rings. The van der Waals surface area contributed by atoms with E-state index in [0.29, 0.717) is 16.5 Å². The number of ether oxygens (including phenoxy) is 2. The maximum atomic E-state index is 6.18. The monoisotopic (exact) mass is 239 g/mol. The molecule has 86 valence electrons. The van der Waals surface area contributed by atoms with Gasteiger partial charge in [-0.1, -0.05) is 11.6 Å². The number of rotatable bonds is 1. The van der Waals surface area contributed by atoms with Crippen LogP contribution >= 0.6 is 11.6 Å². The predicted molar refractivity (Wildman–Crippen MR) is 61.9 cm³/mol. The molecule has 1 fully saturated rings. The van der Waals surface area contributed by atoms with Gasteiger partial charge in [0.25, 0.3) is 0 Å². The quantitative estimate of drug-likeness (QED) is 0.820. The van der Waals surface area contributed by atoms with Crippen LogP contribution in [0, 0.1) is 0 Å². The van der Waals surface area contributed by atoms with Gasteiger partial charge in [0, 0.05) is 19.4 Å². The molecule has 1 aromatic carbocycles. The van der Waals surface area contributed by atoms with Gasteiger partial charge in [-0.2, -0.15) is 0 Å². The van der Waals surface area contributed by atoms with Crippen molar-refractivity contribution in [2.75, 3.05) is 0 Å². The number of nitrogens with two attached hydrogens (primary N) is 1. The second-order valence-corrected chi connectivity index (χ2v) is 5.45. The van der Waals surface area contributed by atoms with Gasteiger partial charge < -0.3 is 15.2 Å². The molecule has 0 atom stereocenters. The summed E-state index contributed by atoms with van der Waals surface area (Å²) < 4.78 is 11.3. The molecular formula is C12H14ClNO2. The summed E-state index contributed by atoms with van der Waals surface area (Å²) >= 11 is 6.18. The molecule has 1 aromatic rings. The molecule has 0 spiro atoms. The Morgan fingerprint density at radius 1 is 1.25 bits per heavy atom. The van der Waals surface area contributed by atoms with Crippen LogP contribution in [-0.4, -0.2) is 5.79 Å². The van der Waals surface area contributed by atoms with Crippen molar-refractivity contribution >= 4 is 11.6 Å². The van der Waals surface area contributed by atoms with Crippen LogP contribution in [0.25, 0.3) is 0 Å². The highest BCUT2D eigenvalue weighted by Crippen LogP contribution is 2.50. The first-order chi connectivity index (χ1) is 7.40. The molecule has 1 saturated carbocycles. The topological polar surface area (TPSA) is 44.5 Å². The summed E-state index contributed by atoms with van der Waals surface area (Å²) in [5.74, 6) is 0.680. The van der Waals surface area contributed by atoms with E-state index >= 15 is 0 Å². The Bertz CT molecular complexity index is 466. The fourth-order valence-corrected chi connectivity index (χ4v) is 2.23. The lowest BCUT2D eigenvalue weighted by molar-refractivity contribution is -0.0431. The number of fused-ring (bicyclic) bond motifs is 1. The first-order valence-electron chi connectivity index (χ1n) is 5.41. The van der Waals surface area contributed by atoms with Gasteiger partial charge in [0.1, 0.15) is 0 Å². The average molecular weight is 240 g/mol. The van der Waals surface area contributed by atoms with Gasteiger partial charge in [-0.15, -0.1) is 0 Å². The minimum atomic E-state index is -0.643. The maximum absolute atomic E-state index is 6.18. The molecule has 0 saturated heterocycles. The molecule has 1 aliphatic heterocycles. The van der Waals surface area contributed by atoms with Gasteiger partial charge in [0.2, 0.25) is 5.79 Å². The summed E-state index contributed by atoms with van der Waals surface area (Å²) in [6.07, 6.45) is 2.01. The van der Waals surface area contributed by atoms with Crippen molar-refractivity contribution in [1.82, 2.24) is 0 Å². The lowest BCUT2D eigenvalue weighted by atomic mass is 10.1. The second kappa shape index (κ2) is 2.84. The lowest BCUT2D eigenvalue weighted by Crippen LogP contribution is -2.29. The van der Waals surface area contributed by atoms with Gasteiger partial charge >= 0.3 is 0 Å². The number of benzene rings is 1. The van der Waals surface area contributed by atoms with E-state index < -0.39 is 5.79 Å². The zero-order valence-electron chi connectivity index (χ0n) is 9.34. The SMILES string of the molecule is CC1(C)Oc2cc(C3(N)CC3)cc(Cl)c2O1. The molecule has 4 heteroatoms. The van der Waals surface area contributed by atoms with Crippen molar-refractivity contribution < 1.29 is 9.47 Å². The largest absolute Gasteiger partial charge is 0.449 e. The smallest absolute Gasteiger partial charge is 0.246 e. The van der Waals surface area contributed by atoms with Crippen molar-refractivity contribution in [3.63, 3.8) is 0 Å². The minimum Gasteiger partial charge on any atom is -0.449 e. The highest BCUT2D eigenvalue weighted by molar-refractivity contribution is 6.32. The number of hydrogen-bond donors (Lipinski definition) is 1. The van der Waals surface area contributed by atoms with Crippen LogP contribution in [0.1, 0.15) is 32.3 Å². The van der Waals surface area contributed by atoms with Crippen LogP contribution in [0.15, 0.2) is 12.1 Å². The van der Waals surface area contributed by atoms with E-state index in [1.54, 1.807) is 0 Å². The number of hydrogen-bond acceptors (Lipinski definition) is 3. The Balaban J connectivity index is 2.07. The zero-order valence-corrected chi connectivity index (χ0v) is 10.1. The molecule has 0 radical (unpaired) electrons. The van der Waals surface area contributed by atoms with Crippen molar-refractivity contribution in [3.8, 4) is 11.5 Å². The molecule has 1 aliphatic carbocycles. The molecule has 1 heterocycles. The van der Waals surface area contributed by atoms with E-state index in [9.17, 15) is 0 Å². The summed E-state index contributed by atoms with van der Waals surface area (Å²) in [5, 5.41) is 0.579. The fourth-order valence-electron chi connectivity index (χ4n) is 1.99. The Kier molecular flexibility index (Phi) is 1.82. The van der Waals surface area contributed by atoms with Crippen LogP contribution in [-0.2, 0) is 5.54 Å². The first-order valence-corrected chi connectivity index (χ1v) is 5.78. The summed E-state index contributed by atoms with van der Waals surface area (Å²) in [7, 11) is 0. The molecule has 3 nitrogen and oxygen atoms in total. The maximum Gasteiger partial charge on any atom is 0.246 e. The molecule has 16 heavy (non-hydrogen) atoms. The van der Waals surface area contributed by atoms with Crippen LogP contribution in [0.3, 0.4) is 0 Å². The molecule has 0 aromatic heterocycles. The molecule has 2 N–H and O–H groups in total. The van der Waals surface area contributed by atoms with Crippen molar-refractivity contribution in [2.24, 2.45) is 5.73 Å². The summed E-state index contributed by atoms with van der Waals surface area (Å²) in [6.45, 7) is 3.72. The van der Waals surface area contributed by atoms with Crippen LogP contribution in [0.4, 0.5) is 0 Å². The Hall–Kier alpha value is -0.930. The zero-order chi connectivity index (χ0) is 11.6. The van der Waals surface area contributed by atoms with Gasteiger partial charge in [0.15, 0.2) is 11.5 Å². The molecule has 0 unspecified atom stereocenters. The van der Waals surface area contributed by atoms with E-state index in [-0.39, 0.29) is 5.54 Å². The van der Waals surface area contributed by atoms with Crippen LogP contribution < -0.4 is 15.2 Å². The van der Waals surface area contributed by atoms with E-state index in [2.05, 4.69) is 0 Å². The van der Waals surface area contributed by atoms with E-state index in [1.165, 1.54) is 0 Å². The van der Waals surface area contributed by atoms with E-state index in [1.807, 2.05) is 26.0 Å². The second-order valence-electron chi connectivity index (χ2n) is 5.05. The van der Waals surface area contributed by atoms with Crippen molar-refractivity contribution in [1.29, 1.82) is 0 Å². The van der Waals surface area contributed by atoms with E-state index in [4.69, 9.17) is 26.8 Å². The summed E-state index contributed by atoms with van der Waals surface area (Å²) in [5.41, 5.74) is 6.98. The third kappa shape index (κ3) is 1.46. The average Bonchev–Trinajstić information content (AvgIpc) is 2.82. The minimum absolute atomic E-state index is 0.200. The highest BCUT2D eigenvalue weighted by atomic mass is 35.5. The Morgan fingerprint density at radius 3 is 2.56 bits per heavy atom. The highest BCUT2D eigenvalue weighted by Gasteiger charge is 2.42. The summed E-state index contributed by atoms with van der Waals surface area (Å²) in [4.78, 5) is 0. The molecule has 3 rings (SSSR count). The van der Waals surface area contributed by atoms with Crippen LogP contribution in [0.5, 0.6) is 11.5 Å². The van der Waals surface area contributed by atoms with Crippen molar-refractivity contribution in [2.45, 2.75) is 38.0 Å². The van der Waals surface area contributed by atoms with Crippen LogP contribution in [0.2, 0.25) is 5.02 Å². The lowest BCUT2D eigenvalue weighted by Gasteiger charge is -2.16. The third-order valence-corrected chi connectivity index (χ3v) is 3.36. The first kappa shape index (κ1) is 10.2. The standard InChI is InChI=1S/C12H14ClNO2/c1-11(2)15-9-6-7(12(14)3-4-12)5-8(13)10(9)16-11/h5-6H,3-4,14H2,1-2H3. The van der Waals surface area contributed by atoms with Gasteiger partial charge in [-0.25, -0.2) is 0 Å². The van der Waals surface area contributed by atoms with Gasteiger partial charge in [-0.05, 0) is 30.5 Å².